The predicted octanol–water partition coefficient (Wildman–Crippen LogP) is 1.94. The summed E-state index contributed by atoms with van der Waals surface area (Å²) < 4.78 is 0. The van der Waals surface area contributed by atoms with Crippen molar-refractivity contribution in [3.8, 4) is 0 Å². The second-order valence-corrected chi connectivity index (χ2v) is 5.51. The van der Waals surface area contributed by atoms with E-state index in [9.17, 15) is 0 Å². The number of para-hydroxylation sites is 1. The zero-order valence-corrected chi connectivity index (χ0v) is 11.8. The highest BCUT2D eigenvalue weighted by Gasteiger charge is 2.17. The van der Waals surface area contributed by atoms with Crippen molar-refractivity contribution in [2.75, 3.05) is 38.6 Å². The third-order valence-corrected chi connectivity index (χ3v) is 3.50. The predicted molar refractivity (Wildman–Crippen MR) is 78.1 cm³/mol. The second-order valence-electron chi connectivity index (χ2n) is 5.51. The van der Waals surface area contributed by atoms with Crippen LogP contribution in [-0.4, -0.2) is 44.7 Å². The molecule has 0 bridgehead atoms. The van der Waals surface area contributed by atoms with Gasteiger partial charge in [-0.15, -0.1) is 0 Å². The van der Waals surface area contributed by atoms with E-state index in [0.717, 1.165) is 26.2 Å². The molecule has 1 aromatic rings. The number of anilines is 1. The van der Waals surface area contributed by atoms with Gasteiger partial charge < -0.3 is 15.1 Å². The average Bonchev–Trinajstić information content (AvgIpc) is 2.50. The first-order valence-corrected chi connectivity index (χ1v) is 6.88. The van der Waals surface area contributed by atoms with Crippen molar-refractivity contribution in [2.24, 2.45) is 0 Å². The SMILES string of the molecule is CC1CN(CCCN(C)C)c2ccccc2CN1. The molecule has 0 saturated carbocycles. The van der Waals surface area contributed by atoms with Gasteiger partial charge in [0.25, 0.3) is 0 Å². The molecule has 0 saturated heterocycles. The molecule has 100 valence electrons. The minimum atomic E-state index is 0.553. The fourth-order valence-electron chi connectivity index (χ4n) is 2.54. The third-order valence-electron chi connectivity index (χ3n) is 3.50. The quantitative estimate of drug-likeness (QED) is 0.877. The van der Waals surface area contributed by atoms with Gasteiger partial charge >= 0.3 is 0 Å². The summed E-state index contributed by atoms with van der Waals surface area (Å²) in [5.74, 6) is 0. The second kappa shape index (κ2) is 6.21. The summed E-state index contributed by atoms with van der Waals surface area (Å²) in [7, 11) is 4.28. The fourth-order valence-corrected chi connectivity index (χ4v) is 2.54. The zero-order chi connectivity index (χ0) is 13.0. The van der Waals surface area contributed by atoms with Crippen LogP contribution in [0, 0.1) is 0 Å². The first-order chi connectivity index (χ1) is 8.66. The molecule has 0 spiro atoms. The lowest BCUT2D eigenvalue weighted by Gasteiger charge is -2.27. The average molecular weight is 247 g/mol. The number of rotatable bonds is 4. The van der Waals surface area contributed by atoms with Crippen LogP contribution in [0.3, 0.4) is 0 Å². The number of hydrogen-bond acceptors (Lipinski definition) is 3. The van der Waals surface area contributed by atoms with E-state index in [1.54, 1.807) is 0 Å². The van der Waals surface area contributed by atoms with Crippen LogP contribution in [0.15, 0.2) is 24.3 Å². The number of fused-ring (bicyclic) bond motifs is 1. The maximum Gasteiger partial charge on any atom is 0.0412 e. The van der Waals surface area contributed by atoms with E-state index in [2.05, 4.69) is 60.4 Å². The molecule has 0 amide bonds. The summed E-state index contributed by atoms with van der Waals surface area (Å²) in [6, 6.07) is 9.32. The van der Waals surface area contributed by atoms with Gasteiger partial charge in [-0.25, -0.2) is 0 Å². The molecule has 0 fully saturated rings. The van der Waals surface area contributed by atoms with Crippen molar-refractivity contribution in [1.29, 1.82) is 0 Å². The van der Waals surface area contributed by atoms with Crippen molar-refractivity contribution in [3.63, 3.8) is 0 Å². The Bertz CT molecular complexity index is 376. The topological polar surface area (TPSA) is 18.5 Å². The first-order valence-electron chi connectivity index (χ1n) is 6.88. The Kier molecular flexibility index (Phi) is 4.61. The van der Waals surface area contributed by atoms with Crippen molar-refractivity contribution >= 4 is 5.69 Å². The van der Waals surface area contributed by atoms with Crippen LogP contribution in [0.25, 0.3) is 0 Å². The first kappa shape index (κ1) is 13.4. The molecule has 2 rings (SSSR count). The Morgan fingerprint density at radius 2 is 2.11 bits per heavy atom. The van der Waals surface area contributed by atoms with Crippen LogP contribution in [0.5, 0.6) is 0 Å². The van der Waals surface area contributed by atoms with Gasteiger partial charge in [-0.3, -0.25) is 0 Å². The molecular weight excluding hydrogens is 222 g/mol. The van der Waals surface area contributed by atoms with Crippen LogP contribution in [0.1, 0.15) is 18.9 Å². The molecule has 0 radical (unpaired) electrons. The zero-order valence-electron chi connectivity index (χ0n) is 11.8. The summed E-state index contributed by atoms with van der Waals surface area (Å²) in [6.07, 6.45) is 1.22. The van der Waals surface area contributed by atoms with E-state index in [1.165, 1.54) is 17.7 Å². The summed E-state index contributed by atoms with van der Waals surface area (Å²) in [6.45, 7) is 6.65. The standard InChI is InChI=1S/C15H25N3/c1-13-12-18(10-6-9-17(2)3)15-8-5-4-7-14(15)11-16-13/h4-5,7-8,13,16H,6,9-12H2,1-3H3. The smallest absolute Gasteiger partial charge is 0.0412 e. The van der Waals surface area contributed by atoms with Crippen LogP contribution < -0.4 is 10.2 Å². The minimum absolute atomic E-state index is 0.553. The molecule has 1 heterocycles. The molecule has 0 aromatic heterocycles. The highest BCUT2D eigenvalue weighted by molar-refractivity contribution is 5.54. The molecule has 3 heteroatoms. The fraction of sp³-hybridized carbons (Fsp3) is 0.600. The van der Waals surface area contributed by atoms with Crippen LogP contribution >= 0.6 is 0 Å². The van der Waals surface area contributed by atoms with E-state index in [-0.39, 0.29) is 0 Å². The normalized spacial score (nSPS) is 19.8. The van der Waals surface area contributed by atoms with Crippen molar-refractivity contribution in [3.05, 3.63) is 29.8 Å². The molecule has 3 nitrogen and oxygen atoms in total. The lowest BCUT2D eigenvalue weighted by molar-refractivity contribution is 0.399. The lowest BCUT2D eigenvalue weighted by atomic mass is 10.1. The molecule has 1 aromatic carbocycles. The maximum absolute atomic E-state index is 3.58. The summed E-state index contributed by atoms with van der Waals surface area (Å²) in [5, 5.41) is 3.58. The Morgan fingerprint density at radius 3 is 2.89 bits per heavy atom. The van der Waals surface area contributed by atoms with Gasteiger partial charge in [0.2, 0.25) is 0 Å². The van der Waals surface area contributed by atoms with Crippen molar-refractivity contribution < 1.29 is 0 Å². The lowest BCUT2D eigenvalue weighted by Crippen LogP contribution is -2.37. The van der Waals surface area contributed by atoms with Gasteiger partial charge in [0.15, 0.2) is 0 Å². The largest absolute Gasteiger partial charge is 0.370 e. The highest BCUT2D eigenvalue weighted by atomic mass is 15.2. The number of benzene rings is 1. The highest BCUT2D eigenvalue weighted by Crippen LogP contribution is 2.23. The van der Waals surface area contributed by atoms with E-state index in [1.807, 2.05) is 0 Å². The Morgan fingerprint density at radius 1 is 1.33 bits per heavy atom. The molecule has 1 aliphatic heterocycles. The van der Waals surface area contributed by atoms with Gasteiger partial charge in [0.05, 0.1) is 0 Å². The van der Waals surface area contributed by atoms with Crippen LogP contribution in [0.4, 0.5) is 5.69 Å². The summed E-state index contributed by atoms with van der Waals surface area (Å²) in [4.78, 5) is 4.79. The summed E-state index contributed by atoms with van der Waals surface area (Å²) in [5.41, 5.74) is 2.83. The van der Waals surface area contributed by atoms with Gasteiger partial charge in [-0.1, -0.05) is 18.2 Å². The minimum Gasteiger partial charge on any atom is -0.370 e. The molecule has 1 aliphatic rings. The Hall–Kier alpha value is -1.06. The van der Waals surface area contributed by atoms with E-state index >= 15 is 0 Å². The summed E-state index contributed by atoms with van der Waals surface area (Å²) >= 11 is 0. The number of hydrogen-bond donors (Lipinski definition) is 1. The van der Waals surface area contributed by atoms with Gasteiger partial charge in [0.1, 0.15) is 0 Å². The molecule has 18 heavy (non-hydrogen) atoms. The Labute approximate surface area is 111 Å². The molecule has 1 atom stereocenters. The van der Waals surface area contributed by atoms with Gasteiger partial charge in [-0.2, -0.15) is 0 Å². The third kappa shape index (κ3) is 3.47. The molecule has 1 unspecified atom stereocenters. The van der Waals surface area contributed by atoms with E-state index < -0.39 is 0 Å². The number of nitrogens with one attached hydrogen (secondary N) is 1. The monoisotopic (exact) mass is 247 g/mol. The van der Waals surface area contributed by atoms with Crippen LogP contribution in [-0.2, 0) is 6.54 Å². The maximum atomic E-state index is 3.58. The van der Waals surface area contributed by atoms with E-state index in [4.69, 9.17) is 0 Å². The van der Waals surface area contributed by atoms with Crippen molar-refractivity contribution in [1.82, 2.24) is 10.2 Å². The van der Waals surface area contributed by atoms with Gasteiger partial charge in [-0.05, 0) is 45.6 Å². The Balaban J connectivity index is 2.06. The number of nitrogens with zero attached hydrogens (tertiary/aromatic N) is 2. The molecule has 1 N–H and O–H groups in total. The van der Waals surface area contributed by atoms with Crippen molar-refractivity contribution in [2.45, 2.75) is 25.9 Å². The molecular formula is C15H25N3. The van der Waals surface area contributed by atoms with Crippen LogP contribution in [0.2, 0.25) is 0 Å². The van der Waals surface area contributed by atoms with Gasteiger partial charge in [0, 0.05) is 31.4 Å². The molecule has 0 aliphatic carbocycles. The van der Waals surface area contributed by atoms with E-state index in [0.29, 0.717) is 6.04 Å².